The summed E-state index contributed by atoms with van der Waals surface area (Å²) in [4.78, 5) is 8.68. The topological polar surface area (TPSA) is 69.4 Å². The summed E-state index contributed by atoms with van der Waals surface area (Å²) in [5.41, 5.74) is 1.69. The summed E-state index contributed by atoms with van der Waals surface area (Å²) < 4.78 is 15.8. The molecule has 2 aromatic heterocycles. The summed E-state index contributed by atoms with van der Waals surface area (Å²) in [6.45, 7) is 4.72. The summed E-state index contributed by atoms with van der Waals surface area (Å²) in [6.07, 6.45) is 3.29. The van der Waals surface area contributed by atoms with Gasteiger partial charge in [0.25, 0.3) is 0 Å². The summed E-state index contributed by atoms with van der Waals surface area (Å²) in [7, 11) is 3.11. The normalized spacial score (nSPS) is 12.2. The Morgan fingerprint density at radius 3 is 2.70 bits per heavy atom. The monoisotopic (exact) mass is 277 g/mol. The second kappa shape index (κ2) is 6.38. The fourth-order valence-electron chi connectivity index (χ4n) is 2.00. The highest BCUT2D eigenvalue weighted by Gasteiger charge is 2.22. The van der Waals surface area contributed by atoms with Crippen LogP contribution in [0.25, 0.3) is 0 Å². The van der Waals surface area contributed by atoms with Gasteiger partial charge in [0.15, 0.2) is 0 Å². The van der Waals surface area contributed by atoms with Crippen LogP contribution in [0.15, 0.2) is 22.9 Å². The molecule has 6 heteroatoms. The Balaban J connectivity index is 2.43. The largest absolute Gasteiger partial charge is 0.480 e. The van der Waals surface area contributed by atoms with Crippen LogP contribution in [0.2, 0.25) is 0 Å². The molecule has 0 amide bonds. The first-order chi connectivity index (χ1) is 9.69. The van der Waals surface area contributed by atoms with Gasteiger partial charge in [0.2, 0.25) is 11.8 Å². The summed E-state index contributed by atoms with van der Waals surface area (Å²) in [6, 6.07) is 1.84. The van der Waals surface area contributed by atoms with Crippen molar-refractivity contribution in [2.45, 2.75) is 19.9 Å². The van der Waals surface area contributed by atoms with Crippen LogP contribution in [0, 0.1) is 6.92 Å². The zero-order chi connectivity index (χ0) is 14.5. The first-order valence-electron chi connectivity index (χ1n) is 6.42. The highest BCUT2D eigenvalue weighted by atomic mass is 16.5. The number of hydrogen-bond acceptors (Lipinski definition) is 6. The molecule has 0 saturated carbocycles. The van der Waals surface area contributed by atoms with Crippen molar-refractivity contribution in [2.75, 3.05) is 20.8 Å². The van der Waals surface area contributed by atoms with Crippen molar-refractivity contribution in [3.63, 3.8) is 0 Å². The lowest BCUT2D eigenvalue weighted by molar-refractivity contribution is 0.352. The van der Waals surface area contributed by atoms with Crippen LogP contribution in [0.5, 0.6) is 11.8 Å². The van der Waals surface area contributed by atoms with Gasteiger partial charge in [0.05, 0.1) is 32.7 Å². The number of nitrogens with zero attached hydrogens (tertiary/aromatic N) is 2. The van der Waals surface area contributed by atoms with Gasteiger partial charge in [0.1, 0.15) is 11.5 Å². The minimum atomic E-state index is -0.134. The lowest BCUT2D eigenvalue weighted by atomic mass is 10.1. The van der Waals surface area contributed by atoms with Gasteiger partial charge >= 0.3 is 0 Å². The maximum Gasteiger partial charge on any atom is 0.240 e. The highest BCUT2D eigenvalue weighted by Crippen LogP contribution is 2.29. The number of rotatable bonds is 6. The van der Waals surface area contributed by atoms with E-state index in [2.05, 4.69) is 15.3 Å². The minimum Gasteiger partial charge on any atom is -0.480 e. The van der Waals surface area contributed by atoms with E-state index in [4.69, 9.17) is 13.9 Å². The molecule has 0 aliphatic heterocycles. The van der Waals surface area contributed by atoms with Crippen molar-refractivity contribution in [2.24, 2.45) is 0 Å². The summed E-state index contributed by atoms with van der Waals surface area (Å²) in [5, 5.41) is 3.36. The summed E-state index contributed by atoms with van der Waals surface area (Å²) >= 11 is 0. The van der Waals surface area contributed by atoms with Crippen molar-refractivity contribution >= 4 is 0 Å². The third-order valence-electron chi connectivity index (χ3n) is 2.91. The highest BCUT2D eigenvalue weighted by molar-refractivity contribution is 5.33. The number of aromatic nitrogens is 2. The van der Waals surface area contributed by atoms with E-state index in [9.17, 15) is 0 Å². The Labute approximate surface area is 118 Å². The second-order valence-corrected chi connectivity index (χ2v) is 4.29. The van der Waals surface area contributed by atoms with Gasteiger partial charge in [-0.25, -0.2) is 4.98 Å². The molecule has 0 aliphatic rings. The number of furan rings is 1. The molecule has 2 heterocycles. The third-order valence-corrected chi connectivity index (χ3v) is 2.91. The van der Waals surface area contributed by atoms with Crippen LogP contribution in [0.3, 0.4) is 0 Å². The van der Waals surface area contributed by atoms with E-state index in [1.165, 1.54) is 0 Å². The molecule has 1 unspecified atom stereocenters. The zero-order valence-corrected chi connectivity index (χ0v) is 12.1. The molecule has 6 nitrogen and oxygen atoms in total. The lowest BCUT2D eigenvalue weighted by Gasteiger charge is -2.18. The number of ether oxygens (including phenoxy) is 2. The van der Waals surface area contributed by atoms with Crippen molar-refractivity contribution in [1.29, 1.82) is 0 Å². The molecular weight excluding hydrogens is 258 g/mol. The zero-order valence-electron chi connectivity index (χ0n) is 12.1. The van der Waals surface area contributed by atoms with E-state index in [-0.39, 0.29) is 6.04 Å². The molecule has 2 aromatic rings. The van der Waals surface area contributed by atoms with E-state index in [1.807, 2.05) is 19.9 Å². The predicted molar refractivity (Wildman–Crippen MR) is 74.1 cm³/mol. The first kappa shape index (κ1) is 14.3. The SMILES string of the molecule is CCNC(c1coc(C)c1)c1ncc(OC)nc1OC. The van der Waals surface area contributed by atoms with E-state index in [0.29, 0.717) is 17.5 Å². The van der Waals surface area contributed by atoms with Crippen molar-refractivity contribution < 1.29 is 13.9 Å². The van der Waals surface area contributed by atoms with Gasteiger partial charge in [-0.15, -0.1) is 0 Å². The Morgan fingerprint density at radius 1 is 1.35 bits per heavy atom. The van der Waals surface area contributed by atoms with E-state index in [1.54, 1.807) is 26.7 Å². The molecule has 1 N–H and O–H groups in total. The van der Waals surface area contributed by atoms with E-state index >= 15 is 0 Å². The maximum atomic E-state index is 5.38. The number of nitrogens with one attached hydrogen (secondary N) is 1. The van der Waals surface area contributed by atoms with Gasteiger partial charge < -0.3 is 19.2 Å². The van der Waals surface area contributed by atoms with Crippen molar-refractivity contribution in [3.05, 3.63) is 35.5 Å². The van der Waals surface area contributed by atoms with Crippen LogP contribution in [0.4, 0.5) is 0 Å². The first-order valence-corrected chi connectivity index (χ1v) is 6.42. The Hall–Kier alpha value is -2.08. The molecule has 2 rings (SSSR count). The smallest absolute Gasteiger partial charge is 0.240 e. The Morgan fingerprint density at radius 2 is 2.15 bits per heavy atom. The van der Waals surface area contributed by atoms with Gasteiger partial charge in [-0.3, -0.25) is 0 Å². The molecule has 0 spiro atoms. The quantitative estimate of drug-likeness (QED) is 0.872. The van der Waals surface area contributed by atoms with Gasteiger partial charge in [-0.1, -0.05) is 6.92 Å². The molecule has 20 heavy (non-hydrogen) atoms. The van der Waals surface area contributed by atoms with Gasteiger partial charge in [-0.05, 0) is 19.5 Å². The van der Waals surface area contributed by atoms with Crippen LogP contribution in [-0.2, 0) is 0 Å². The Bertz CT molecular complexity index is 569. The molecule has 0 aliphatic carbocycles. The van der Waals surface area contributed by atoms with Crippen molar-refractivity contribution in [1.82, 2.24) is 15.3 Å². The Kier molecular flexibility index (Phi) is 4.57. The summed E-state index contributed by atoms with van der Waals surface area (Å²) in [5.74, 6) is 1.71. The van der Waals surface area contributed by atoms with Crippen molar-refractivity contribution in [3.8, 4) is 11.8 Å². The lowest BCUT2D eigenvalue weighted by Crippen LogP contribution is -2.23. The second-order valence-electron chi connectivity index (χ2n) is 4.29. The molecule has 1 atom stereocenters. The number of methoxy groups -OCH3 is 2. The predicted octanol–water partition coefficient (Wildman–Crippen LogP) is 2.09. The molecule has 0 radical (unpaired) electrons. The number of aryl methyl sites for hydroxylation is 1. The van der Waals surface area contributed by atoms with Gasteiger partial charge in [0, 0.05) is 5.56 Å². The minimum absolute atomic E-state index is 0.134. The average molecular weight is 277 g/mol. The molecule has 108 valence electrons. The number of hydrogen-bond donors (Lipinski definition) is 1. The van der Waals surface area contributed by atoms with E-state index in [0.717, 1.165) is 17.9 Å². The fourth-order valence-corrected chi connectivity index (χ4v) is 2.00. The standard InChI is InChI=1S/C14H19N3O3/c1-5-15-12(10-6-9(2)20-8-10)13-14(19-4)17-11(18-3)7-16-13/h6-8,12,15H,5H2,1-4H3. The fraction of sp³-hybridized carbons (Fsp3) is 0.429. The maximum absolute atomic E-state index is 5.38. The molecule has 0 aromatic carbocycles. The van der Waals surface area contributed by atoms with Crippen LogP contribution >= 0.6 is 0 Å². The third kappa shape index (κ3) is 2.91. The van der Waals surface area contributed by atoms with Crippen LogP contribution in [0.1, 0.15) is 30.0 Å². The molecule has 0 fully saturated rings. The van der Waals surface area contributed by atoms with Crippen LogP contribution in [-0.4, -0.2) is 30.7 Å². The molecule has 0 saturated heterocycles. The molecular formula is C14H19N3O3. The van der Waals surface area contributed by atoms with E-state index < -0.39 is 0 Å². The average Bonchev–Trinajstić information content (AvgIpc) is 2.90. The molecule has 0 bridgehead atoms. The van der Waals surface area contributed by atoms with Crippen LogP contribution < -0.4 is 14.8 Å². The van der Waals surface area contributed by atoms with Gasteiger partial charge in [-0.2, -0.15) is 4.98 Å².